The summed E-state index contributed by atoms with van der Waals surface area (Å²) in [6.45, 7) is 2.13. The van der Waals surface area contributed by atoms with Crippen LogP contribution in [0.2, 0.25) is 0 Å². The van der Waals surface area contributed by atoms with Gasteiger partial charge in [0, 0.05) is 23.8 Å². The maximum absolute atomic E-state index is 5.95. The highest BCUT2D eigenvalue weighted by atomic mass is 14.6. The summed E-state index contributed by atoms with van der Waals surface area (Å²) in [5.74, 6) is 0. The lowest BCUT2D eigenvalue weighted by Crippen LogP contribution is -2.19. The number of aryl methyl sites for hydroxylation is 1. The highest BCUT2D eigenvalue weighted by molar-refractivity contribution is 5.84. The molecule has 0 spiro atoms. The Balaban J connectivity index is 2.23. The maximum atomic E-state index is 5.95. The van der Waals surface area contributed by atoms with E-state index in [2.05, 4.69) is 36.2 Å². The third-order valence-corrected chi connectivity index (χ3v) is 3.08. The molecule has 0 aliphatic heterocycles. The van der Waals surface area contributed by atoms with Crippen molar-refractivity contribution in [2.24, 2.45) is 5.73 Å². The Morgan fingerprint density at radius 3 is 3.00 bits per heavy atom. The van der Waals surface area contributed by atoms with E-state index in [4.69, 9.17) is 5.73 Å². The van der Waals surface area contributed by atoms with Crippen molar-refractivity contribution in [2.75, 3.05) is 0 Å². The van der Waals surface area contributed by atoms with Crippen LogP contribution in [0.15, 0.2) is 36.7 Å². The molecule has 2 N–H and O–H groups in total. The molecule has 0 amide bonds. The molecule has 0 saturated carbocycles. The molecule has 2 aromatic rings. The molecule has 0 radical (unpaired) electrons. The lowest BCUT2D eigenvalue weighted by atomic mass is 10.00. The molecule has 2 rings (SSSR count). The fourth-order valence-corrected chi connectivity index (χ4v) is 1.94. The van der Waals surface area contributed by atoms with Crippen molar-refractivity contribution < 1.29 is 0 Å². The van der Waals surface area contributed by atoms with Crippen LogP contribution < -0.4 is 5.73 Å². The SMILES string of the molecule is CCC(N)CCc1cccc2ccncc12. The van der Waals surface area contributed by atoms with E-state index in [0.29, 0.717) is 6.04 Å². The van der Waals surface area contributed by atoms with E-state index in [-0.39, 0.29) is 0 Å². The highest BCUT2D eigenvalue weighted by Gasteiger charge is 2.03. The van der Waals surface area contributed by atoms with Crippen LogP contribution in [0, 0.1) is 0 Å². The Kier molecular flexibility index (Phi) is 3.52. The van der Waals surface area contributed by atoms with Crippen molar-refractivity contribution in [3.63, 3.8) is 0 Å². The molecule has 2 heteroatoms. The summed E-state index contributed by atoms with van der Waals surface area (Å²) in [5.41, 5.74) is 7.31. The molecular weight excluding hydrogens is 196 g/mol. The van der Waals surface area contributed by atoms with Crippen LogP contribution in [0.3, 0.4) is 0 Å². The molecule has 1 aromatic carbocycles. The Bertz CT molecular complexity index is 460. The summed E-state index contributed by atoms with van der Waals surface area (Å²) in [6.07, 6.45) is 6.91. The van der Waals surface area contributed by atoms with Crippen molar-refractivity contribution >= 4 is 10.8 Å². The lowest BCUT2D eigenvalue weighted by molar-refractivity contribution is 0.597. The van der Waals surface area contributed by atoms with E-state index in [0.717, 1.165) is 19.3 Å². The van der Waals surface area contributed by atoms with Gasteiger partial charge in [-0.2, -0.15) is 0 Å². The molecule has 0 saturated heterocycles. The third-order valence-electron chi connectivity index (χ3n) is 3.08. The smallest absolute Gasteiger partial charge is 0.0349 e. The second kappa shape index (κ2) is 5.08. The predicted octanol–water partition coefficient (Wildman–Crippen LogP) is 2.90. The fraction of sp³-hybridized carbons (Fsp3) is 0.357. The number of hydrogen-bond donors (Lipinski definition) is 1. The first-order valence-corrected chi connectivity index (χ1v) is 5.88. The number of nitrogens with two attached hydrogens (primary N) is 1. The molecule has 1 heterocycles. The zero-order chi connectivity index (χ0) is 11.4. The number of fused-ring (bicyclic) bond motifs is 1. The van der Waals surface area contributed by atoms with Gasteiger partial charge >= 0.3 is 0 Å². The molecule has 1 atom stereocenters. The van der Waals surface area contributed by atoms with Crippen molar-refractivity contribution in [1.82, 2.24) is 4.98 Å². The zero-order valence-corrected chi connectivity index (χ0v) is 9.69. The average Bonchev–Trinajstić information content (AvgIpc) is 2.35. The Morgan fingerprint density at radius 2 is 2.19 bits per heavy atom. The molecule has 16 heavy (non-hydrogen) atoms. The summed E-state index contributed by atoms with van der Waals surface area (Å²) in [4.78, 5) is 4.19. The van der Waals surface area contributed by atoms with Gasteiger partial charge in [0.1, 0.15) is 0 Å². The number of pyridine rings is 1. The molecule has 0 aliphatic rings. The summed E-state index contributed by atoms with van der Waals surface area (Å²) in [7, 11) is 0. The minimum absolute atomic E-state index is 0.312. The minimum Gasteiger partial charge on any atom is -0.328 e. The largest absolute Gasteiger partial charge is 0.328 e. The van der Waals surface area contributed by atoms with Gasteiger partial charge in [-0.3, -0.25) is 4.98 Å². The van der Waals surface area contributed by atoms with Crippen molar-refractivity contribution in [3.8, 4) is 0 Å². The lowest BCUT2D eigenvalue weighted by Gasteiger charge is -2.10. The van der Waals surface area contributed by atoms with Crippen molar-refractivity contribution in [2.45, 2.75) is 32.2 Å². The van der Waals surface area contributed by atoms with Gasteiger partial charge in [-0.25, -0.2) is 0 Å². The first kappa shape index (κ1) is 11.1. The highest BCUT2D eigenvalue weighted by Crippen LogP contribution is 2.19. The summed E-state index contributed by atoms with van der Waals surface area (Å²) in [6, 6.07) is 8.77. The summed E-state index contributed by atoms with van der Waals surface area (Å²) < 4.78 is 0. The first-order valence-electron chi connectivity index (χ1n) is 5.88. The van der Waals surface area contributed by atoms with Crippen LogP contribution in [0.1, 0.15) is 25.3 Å². The molecule has 1 aromatic heterocycles. The van der Waals surface area contributed by atoms with Crippen LogP contribution in [-0.2, 0) is 6.42 Å². The van der Waals surface area contributed by atoms with Gasteiger partial charge in [-0.15, -0.1) is 0 Å². The van der Waals surface area contributed by atoms with Gasteiger partial charge in [0.15, 0.2) is 0 Å². The fourth-order valence-electron chi connectivity index (χ4n) is 1.94. The van der Waals surface area contributed by atoms with Gasteiger partial charge < -0.3 is 5.73 Å². The van der Waals surface area contributed by atoms with Crippen molar-refractivity contribution in [1.29, 1.82) is 0 Å². The second-order valence-corrected chi connectivity index (χ2v) is 4.22. The molecule has 2 nitrogen and oxygen atoms in total. The number of rotatable bonds is 4. The molecule has 1 unspecified atom stereocenters. The average molecular weight is 214 g/mol. The number of benzene rings is 1. The monoisotopic (exact) mass is 214 g/mol. The third kappa shape index (κ3) is 2.39. The van der Waals surface area contributed by atoms with E-state index in [1.807, 2.05) is 12.4 Å². The predicted molar refractivity (Wildman–Crippen MR) is 68.3 cm³/mol. The molecule has 84 valence electrons. The molecule has 0 fully saturated rings. The minimum atomic E-state index is 0.312. The van der Waals surface area contributed by atoms with Crippen molar-refractivity contribution in [3.05, 3.63) is 42.2 Å². The molecule has 0 bridgehead atoms. The first-order chi connectivity index (χ1) is 7.81. The van der Waals surface area contributed by atoms with E-state index >= 15 is 0 Å². The van der Waals surface area contributed by atoms with E-state index in [1.54, 1.807) is 0 Å². The number of hydrogen-bond acceptors (Lipinski definition) is 2. The van der Waals surface area contributed by atoms with E-state index in [9.17, 15) is 0 Å². The van der Waals surface area contributed by atoms with Crippen LogP contribution >= 0.6 is 0 Å². The van der Waals surface area contributed by atoms with E-state index < -0.39 is 0 Å². The molecule has 0 aliphatic carbocycles. The number of aromatic nitrogens is 1. The van der Waals surface area contributed by atoms with Gasteiger partial charge in [-0.05, 0) is 36.3 Å². The number of nitrogens with zero attached hydrogens (tertiary/aromatic N) is 1. The topological polar surface area (TPSA) is 38.9 Å². The Morgan fingerprint density at radius 1 is 1.31 bits per heavy atom. The van der Waals surface area contributed by atoms with Gasteiger partial charge in [-0.1, -0.05) is 25.1 Å². The zero-order valence-electron chi connectivity index (χ0n) is 9.69. The normalized spacial score (nSPS) is 12.9. The Labute approximate surface area is 96.5 Å². The molecular formula is C14H18N2. The summed E-state index contributed by atoms with van der Waals surface area (Å²) in [5, 5.41) is 2.52. The van der Waals surface area contributed by atoms with Gasteiger partial charge in [0.05, 0.1) is 0 Å². The second-order valence-electron chi connectivity index (χ2n) is 4.22. The van der Waals surface area contributed by atoms with E-state index in [1.165, 1.54) is 16.3 Å². The summed E-state index contributed by atoms with van der Waals surface area (Å²) >= 11 is 0. The standard InChI is InChI=1S/C14H18N2/c1-2-13(15)7-6-11-4-3-5-12-8-9-16-10-14(11)12/h3-5,8-10,13H,2,6-7,15H2,1H3. The van der Waals surface area contributed by atoms with Crippen LogP contribution in [0.4, 0.5) is 0 Å². The maximum Gasteiger partial charge on any atom is 0.0349 e. The van der Waals surface area contributed by atoms with Gasteiger partial charge in [0.25, 0.3) is 0 Å². The van der Waals surface area contributed by atoms with Crippen LogP contribution in [0.5, 0.6) is 0 Å². The quantitative estimate of drug-likeness (QED) is 0.850. The van der Waals surface area contributed by atoms with Gasteiger partial charge in [0.2, 0.25) is 0 Å². The van der Waals surface area contributed by atoms with Crippen LogP contribution in [-0.4, -0.2) is 11.0 Å². The van der Waals surface area contributed by atoms with Crippen LogP contribution in [0.25, 0.3) is 10.8 Å². The Hall–Kier alpha value is -1.41.